The summed E-state index contributed by atoms with van der Waals surface area (Å²) in [5, 5.41) is 8.19. The number of anilines is 2. The quantitative estimate of drug-likeness (QED) is 0.779. The normalized spacial score (nSPS) is 10.9. The molecule has 5 nitrogen and oxygen atoms in total. The van der Waals surface area contributed by atoms with Gasteiger partial charge in [-0.05, 0) is 44.2 Å². The van der Waals surface area contributed by atoms with Crippen molar-refractivity contribution >= 4 is 29.0 Å². The molecule has 0 bridgehead atoms. The molecule has 3 rings (SSSR count). The fourth-order valence-corrected chi connectivity index (χ4v) is 2.01. The SMILES string of the molecule is Cc1cc(C)n2nc(Nc3ccc(Cl)cc3)nc2n1. The molecule has 19 heavy (non-hydrogen) atoms. The van der Waals surface area contributed by atoms with Crippen LogP contribution < -0.4 is 5.32 Å². The highest BCUT2D eigenvalue weighted by molar-refractivity contribution is 6.30. The van der Waals surface area contributed by atoms with Gasteiger partial charge in [0.05, 0.1) is 0 Å². The third-order valence-corrected chi connectivity index (χ3v) is 2.97. The molecule has 0 spiro atoms. The minimum atomic E-state index is 0.517. The molecule has 0 aliphatic heterocycles. The van der Waals surface area contributed by atoms with Crippen molar-refractivity contribution in [2.45, 2.75) is 13.8 Å². The van der Waals surface area contributed by atoms with E-state index in [1.165, 1.54) is 0 Å². The van der Waals surface area contributed by atoms with Crippen molar-refractivity contribution in [1.82, 2.24) is 19.6 Å². The van der Waals surface area contributed by atoms with Crippen molar-refractivity contribution in [1.29, 1.82) is 0 Å². The Morgan fingerprint density at radius 1 is 1.11 bits per heavy atom. The molecule has 1 N–H and O–H groups in total. The number of hydrogen-bond donors (Lipinski definition) is 1. The van der Waals surface area contributed by atoms with Gasteiger partial charge >= 0.3 is 0 Å². The molecule has 0 saturated heterocycles. The number of nitrogens with zero attached hydrogens (tertiary/aromatic N) is 4. The summed E-state index contributed by atoms with van der Waals surface area (Å²) >= 11 is 5.84. The van der Waals surface area contributed by atoms with Crippen LogP contribution in [0.4, 0.5) is 11.6 Å². The number of nitrogens with one attached hydrogen (secondary N) is 1. The number of aromatic nitrogens is 4. The largest absolute Gasteiger partial charge is 0.323 e. The third kappa shape index (κ3) is 2.37. The molecule has 96 valence electrons. The van der Waals surface area contributed by atoms with E-state index in [1.807, 2.05) is 44.2 Å². The van der Waals surface area contributed by atoms with Crippen LogP contribution in [-0.4, -0.2) is 19.6 Å². The van der Waals surface area contributed by atoms with Gasteiger partial charge in [-0.1, -0.05) is 11.6 Å². The first-order valence-corrected chi connectivity index (χ1v) is 6.23. The van der Waals surface area contributed by atoms with E-state index >= 15 is 0 Å². The molecular formula is C13H12ClN5. The standard InChI is InChI=1S/C13H12ClN5/c1-8-7-9(2)19-13(15-8)17-12(18-19)16-11-5-3-10(14)4-6-11/h3-7H,1-2H3,(H,16,18). The fraction of sp³-hybridized carbons (Fsp3) is 0.154. The van der Waals surface area contributed by atoms with Crippen molar-refractivity contribution < 1.29 is 0 Å². The number of aryl methyl sites for hydroxylation is 2. The first-order valence-electron chi connectivity index (χ1n) is 5.85. The molecule has 6 heteroatoms. The summed E-state index contributed by atoms with van der Waals surface area (Å²) in [5.41, 5.74) is 2.81. The smallest absolute Gasteiger partial charge is 0.254 e. The molecule has 1 aromatic carbocycles. The third-order valence-electron chi connectivity index (χ3n) is 2.72. The van der Waals surface area contributed by atoms with Gasteiger partial charge in [0.15, 0.2) is 0 Å². The van der Waals surface area contributed by atoms with Crippen LogP contribution in [0.5, 0.6) is 0 Å². The summed E-state index contributed by atoms with van der Waals surface area (Å²) in [6.07, 6.45) is 0. The molecular weight excluding hydrogens is 262 g/mol. The molecule has 0 amide bonds. The highest BCUT2D eigenvalue weighted by atomic mass is 35.5. The van der Waals surface area contributed by atoms with Gasteiger partial charge < -0.3 is 5.32 Å². The Balaban J connectivity index is 1.97. The van der Waals surface area contributed by atoms with Gasteiger partial charge in [0.1, 0.15) is 0 Å². The molecule has 0 fully saturated rings. The lowest BCUT2D eigenvalue weighted by Gasteiger charge is -2.00. The molecule has 0 radical (unpaired) electrons. The van der Waals surface area contributed by atoms with Gasteiger partial charge in [0.25, 0.3) is 5.78 Å². The molecule has 0 aliphatic carbocycles. The lowest BCUT2D eigenvalue weighted by molar-refractivity contribution is 0.888. The van der Waals surface area contributed by atoms with Gasteiger partial charge in [-0.25, -0.2) is 4.98 Å². The minimum absolute atomic E-state index is 0.517. The number of benzene rings is 1. The summed E-state index contributed by atoms with van der Waals surface area (Å²) in [7, 11) is 0. The second-order valence-corrected chi connectivity index (χ2v) is 4.75. The molecule has 2 aromatic heterocycles. The summed E-state index contributed by atoms with van der Waals surface area (Å²) in [5.74, 6) is 1.11. The van der Waals surface area contributed by atoms with E-state index in [9.17, 15) is 0 Å². The fourth-order valence-electron chi connectivity index (χ4n) is 1.88. The van der Waals surface area contributed by atoms with Gasteiger partial charge in [-0.2, -0.15) is 9.50 Å². The second kappa shape index (κ2) is 4.51. The Bertz CT molecular complexity index is 733. The lowest BCUT2D eigenvalue weighted by atomic mass is 10.3. The van der Waals surface area contributed by atoms with Crippen LogP contribution in [-0.2, 0) is 0 Å². The predicted octanol–water partition coefficient (Wildman–Crippen LogP) is 3.14. The van der Waals surface area contributed by atoms with E-state index in [2.05, 4.69) is 20.4 Å². The Kier molecular flexibility index (Phi) is 2.83. The van der Waals surface area contributed by atoms with Crippen molar-refractivity contribution in [3.05, 3.63) is 46.7 Å². The Hall–Kier alpha value is -2.14. The van der Waals surface area contributed by atoms with Crippen LogP contribution in [0.1, 0.15) is 11.4 Å². The molecule has 0 atom stereocenters. The minimum Gasteiger partial charge on any atom is -0.323 e. The lowest BCUT2D eigenvalue weighted by Crippen LogP contribution is -1.97. The van der Waals surface area contributed by atoms with Crippen molar-refractivity contribution in [2.75, 3.05) is 5.32 Å². The molecule has 2 heterocycles. The van der Waals surface area contributed by atoms with Crippen LogP contribution in [0.25, 0.3) is 5.78 Å². The van der Waals surface area contributed by atoms with E-state index in [-0.39, 0.29) is 0 Å². The van der Waals surface area contributed by atoms with Gasteiger partial charge in [0.2, 0.25) is 5.95 Å². The number of hydrogen-bond acceptors (Lipinski definition) is 4. The maximum atomic E-state index is 5.84. The van der Waals surface area contributed by atoms with Crippen LogP contribution in [0, 0.1) is 13.8 Å². The highest BCUT2D eigenvalue weighted by Crippen LogP contribution is 2.17. The topological polar surface area (TPSA) is 55.1 Å². The van der Waals surface area contributed by atoms with Gasteiger partial charge in [-0.3, -0.25) is 0 Å². The summed E-state index contributed by atoms with van der Waals surface area (Å²) in [4.78, 5) is 8.69. The average Bonchev–Trinajstić information content (AvgIpc) is 2.75. The van der Waals surface area contributed by atoms with Crippen molar-refractivity contribution in [3.8, 4) is 0 Å². The maximum absolute atomic E-state index is 5.84. The molecule has 0 unspecified atom stereocenters. The second-order valence-electron chi connectivity index (χ2n) is 4.32. The maximum Gasteiger partial charge on any atom is 0.254 e. The number of fused-ring (bicyclic) bond motifs is 1. The van der Waals surface area contributed by atoms with Gasteiger partial charge in [-0.15, -0.1) is 5.10 Å². The van der Waals surface area contributed by atoms with Crippen LogP contribution in [0.3, 0.4) is 0 Å². The van der Waals surface area contributed by atoms with E-state index in [1.54, 1.807) is 4.52 Å². The Morgan fingerprint density at radius 3 is 2.58 bits per heavy atom. The zero-order valence-corrected chi connectivity index (χ0v) is 11.3. The van der Waals surface area contributed by atoms with Crippen molar-refractivity contribution in [3.63, 3.8) is 0 Å². The predicted molar refractivity (Wildman–Crippen MR) is 75.0 cm³/mol. The first-order chi connectivity index (χ1) is 9.11. The zero-order chi connectivity index (χ0) is 13.4. The van der Waals surface area contributed by atoms with Crippen LogP contribution in [0.15, 0.2) is 30.3 Å². The van der Waals surface area contributed by atoms with Crippen LogP contribution in [0.2, 0.25) is 5.02 Å². The average molecular weight is 274 g/mol. The molecule has 3 aromatic rings. The zero-order valence-electron chi connectivity index (χ0n) is 10.6. The number of rotatable bonds is 2. The van der Waals surface area contributed by atoms with E-state index in [4.69, 9.17) is 11.6 Å². The first kappa shape index (κ1) is 11.9. The summed E-state index contributed by atoms with van der Waals surface area (Å²) in [6.45, 7) is 3.91. The molecule has 0 saturated carbocycles. The van der Waals surface area contributed by atoms with E-state index < -0.39 is 0 Å². The monoisotopic (exact) mass is 273 g/mol. The van der Waals surface area contributed by atoms with E-state index in [0.717, 1.165) is 17.1 Å². The highest BCUT2D eigenvalue weighted by Gasteiger charge is 2.07. The summed E-state index contributed by atoms with van der Waals surface area (Å²) in [6, 6.07) is 9.34. The molecule has 0 aliphatic rings. The van der Waals surface area contributed by atoms with E-state index in [0.29, 0.717) is 16.7 Å². The Labute approximate surface area is 115 Å². The Morgan fingerprint density at radius 2 is 1.84 bits per heavy atom. The van der Waals surface area contributed by atoms with Crippen LogP contribution >= 0.6 is 11.6 Å². The number of halogens is 1. The van der Waals surface area contributed by atoms with Gasteiger partial charge in [0, 0.05) is 22.1 Å². The van der Waals surface area contributed by atoms with Crippen molar-refractivity contribution in [2.24, 2.45) is 0 Å². The summed E-state index contributed by atoms with van der Waals surface area (Å²) < 4.78 is 1.71.